The van der Waals surface area contributed by atoms with E-state index < -0.39 is 14.6 Å². The maximum absolute atomic E-state index is 12.5. The molecule has 1 aliphatic heterocycles. The number of sulfone groups is 1. The van der Waals surface area contributed by atoms with E-state index in [1.165, 1.54) is 62.9 Å². The van der Waals surface area contributed by atoms with Gasteiger partial charge in [-0.3, -0.25) is 0 Å². The molecule has 0 unspecified atom stereocenters. The van der Waals surface area contributed by atoms with Crippen LogP contribution in [0.3, 0.4) is 0 Å². The molecule has 0 bridgehead atoms. The Morgan fingerprint density at radius 1 is 0.893 bits per heavy atom. The normalized spacial score (nSPS) is 24.3. The molecule has 1 aromatic carbocycles. The van der Waals surface area contributed by atoms with Gasteiger partial charge in [-0.1, -0.05) is 25.0 Å². The Kier molecular flexibility index (Phi) is 7.12. The summed E-state index contributed by atoms with van der Waals surface area (Å²) in [5.74, 6) is 1.50. The highest BCUT2D eigenvalue weighted by atomic mass is 32.2. The van der Waals surface area contributed by atoms with E-state index in [0.717, 1.165) is 25.2 Å². The molecule has 0 N–H and O–H groups in total. The molecule has 1 heterocycles. The van der Waals surface area contributed by atoms with E-state index >= 15 is 0 Å². The molecule has 0 amide bonds. The Morgan fingerprint density at radius 3 is 2.04 bits per heavy atom. The third-order valence-electron chi connectivity index (χ3n) is 6.85. The fraction of sp³-hybridized carbons (Fsp3) is 0.750. The van der Waals surface area contributed by atoms with Crippen LogP contribution in [0.25, 0.3) is 0 Å². The second-order valence-corrected chi connectivity index (χ2v) is 12.8. The van der Waals surface area contributed by atoms with Crippen molar-refractivity contribution >= 4 is 15.5 Å². The third-order valence-corrected chi connectivity index (χ3v) is 9.63. The fourth-order valence-corrected chi connectivity index (χ4v) is 6.10. The minimum Gasteiger partial charge on any atom is -0.372 e. The van der Waals surface area contributed by atoms with E-state index in [2.05, 4.69) is 29.2 Å². The van der Waals surface area contributed by atoms with Crippen molar-refractivity contribution in [3.63, 3.8) is 0 Å². The summed E-state index contributed by atoms with van der Waals surface area (Å²) in [6.45, 7) is 7.88. The van der Waals surface area contributed by atoms with E-state index in [-0.39, 0.29) is 0 Å². The minimum atomic E-state index is -2.99. The third kappa shape index (κ3) is 5.75. The van der Waals surface area contributed by atoms with Gasteiger partial charge in [-0.05, 0) is 95.2 Å². The highest BCUT2D eigenvalue weighted by Crippen LogP contribution is 2.34. The SMILES string of the molecule is CC(C)(C)S(=O)(=O)CC1CCC(CCc2ccc(N3CCCCC3)cc2)CC1. The molecular formula is C24H39NO2S. The van der Waals surface area contributed by atoms with Gasteiger partial charge < -0.3 is 4.90 Å². The standard InChI is InChI=1S/C24H39NO2S/c1-24(2,3)28(26,27)19-22-11-9-20(10-12-22)7-8-21-13-15-23(16-14-21)25-17-5-4-6-18-25/h13-16,20,22H,4-12,17-19H2,1-3H3. The molecule has 2 fully saturated rings. The molecule has 4 heteroatoms. The van der Waals surface area contributed by atoms with Gasteiger partial charge in [0.1, 0.15) is 0 Å². The van der Waals surface area contributed by atoms with E-state index in [1.807, 2.05) is 20.8 Å². The number of anilines is 1. The van der Waals surface area contributed by atoms with Crippen molar-refractivity contribution in [2.45, 2.75) is 83.3 Å². The fourth-order valence-electron chi connectivity index (χ4n) is 4.64. The predicted molar refractivity (Wildman–Crippen MR) is 120 cm³/mol. The molecule has 158 valence electrons. The van der Waals surface area contributed by atoms with E-state index in [9.17, 15) is 8.42 Å². The number of rotatable bonds is 6. The first-order valence-electron chi connectivity index (χ1n) is 11.3. The first-order chi connectivity index (χ1) is 13.2. The van der Waals surface area contributed by atoms with Crippen molar-refractivity contribution in [1.82, 2.24) is 0 Å². The maximum atomic E-state index is 12.5. The number of benzene rings is 1. The van der Waals surface area contributed by atoms with Gasteiger partial charge in [0, 0.05) is 18.8 Å². The summed E-state index contributed by atoms with van der Waals surface area (Å²) in [6, 6.07) is 9.22. The number of hydrogen-bond acceptors (Lipinski definition) is 3. The summed E-state index contributed by atoms with van der Waals surface area (Å²) >= 11 is 0. The Morgan fingerprint density at radius 2 is 1.46 bits per heavy atom. The van der Waals surface area contributed by atoms with Gasteiger partial charge in [0.25, 0.3) is 0 Å². The van der Waals surface area contributed by atoms with Gasteiger partial charge in [-0.15, -0.1) is 0 Å². The summed E-state index contributed by atoms with van der Waals surface area (Å²) in [4.78, 5) is 2.51. The summed E-state index contributed by atoms with van der Waals surface area (Å²) in [5, 5.41) is 0. The van der Waals surface area contributed by atoms with Crippen LogP contribution in [-0.4, -0.2) is 32.0 Å². The number of aryl methyl sites for hydroxylation is 1. The first-order valence-corrected chi connectivity index (χ1v) is 13.0. The van der Waals surface area contributed by atoms with Gasteiger partial charge in [-0.25, -0.2) is 8.42 Å². The van der Waals surface area contributed by atoms with Crippen molar-refractivity contribution in [2.75, 3.05) is 23.7 Å². The summed E-state index contributed by atoms with van der Waals surface area (Å²) in [5.41, 5.74) is 2.82. The van der Waals surface area contributed by atoms with Crippen LogP contribution < -0.4 is 4.90 Å². The summed E-state index contributed by atoms with van der Waals surface area (Å²) < 4.78 is 24.3. The zero-order valence-corrected chi connectivity index (χ0v) is 18.9. The lowest BCUT2D eigenvalue weighted by Crippen LogP contribution is -2.34. The number of piperidine rings is 1. The van der Waals surface area contributed by atoms with Crippen LogP contribution in [0, 0.1) is 11.8 Å². The molecule has 1 saturated carbocycles. The molecular weight excluding hydrogens is 366 g/mol. The van der Waals surface area contributed by atoms with Crippen LogP contribution in [0.1, 0.15) is 77.7 Å². The Bertz CT molecular complexity index is 704. The van der Waals surface area contributed by atoms with Crippen LogP contribution in [0.5, 0.6) is 0 Å². The van der Waals surface area contributed by atoms with Gasteiger partial charge in [0.05, 0.1) is 10.5 Å². The number of nitrogens with zero attached hydrogens (tertiary/aromatic N) is 1. The number of hydrogen-bond donors (Lipinski definition) is 0. The highest BCUT2D eigenvalue weighted by Gasteiger charge is 2.33. The smallest absolute Gasteiger partial charge is 0.155 e. The van der Waals surface area contributed by atoms with E-state index in [4.69, 9.17) is 0 Å². The molecule has 0 aromatic heterocycles. The topological polar surface area (TPSA) is 37.4 Å². The van der Waals surface area contributed by atoms with Crippen molar-refractivity contribution < 1.29 is 8.42 Å². The van der Waals surface area contributed by atoms with Crippen molar-refractivity contribution in [3.05, 3.63) is 29.8 Å². The van der Waals surface area contributed by atoms with Crippen molar-refractivity contribution in [2.24, 2.45) is 11.8 Å². The van der Waals surface area contributed by atoms with Crippen LogP contribution in [0.15, 0.2) is 24.3 Å². The lowest BCUT2D eigenvalue weighted by Gasteiger charge is -2.30. The largest absolute Gasteiger partial charge is 0.372 e. The van der Waals surface area contributed by atoms with Crippen LogP contribution in [-0.2, 0) is 16.3 Å². The molecule has 3 nitrogen and oxygen atoms in total. The van der Waals surface area contributed by atoms with Gasteiger partial charge >= 0.3 is 0 Å². The Labute approximate surface area is 172 Å². The van der Waals surface area contributed by atoms with Gasteiger partial charge in [0.15, 0.2) is 9.84 Å². The van der Waals surface area contributed by atoms with Gasteiger partial charge in [-0.2, -0.15) is 0 Å². The van der Waals surface area contributed by atoms with E-state index in [0.29, 0.717) is 11.7 Å². The summed E-state index contributed by atoms with van der Waals surface area (Å²) in [6.07, 6.45) is 10.9. The first kappa shape index (κ1) is 21.7. The zero-order valence-electron chi connectivity index (χ0n) is 18.1. The molecule has 1 aromatic rings. The highest BCUT2D eigenvalue weighted by molar-refractivity contribution is 7.92. The molecule has 0 spiro atoms. The molecule has 1 saturated heterocycles. The van der Waals surface area contributed by atoms with Crippen LogP contribution in [0.2, 0.25) is 0 Å². The average Bonchev–Trinajstić information content (AvgIpc) is 2.67. The second-order valence-electron chi connectivity index (χ2n) is 10.0. The van der Waals surface area contributed by atoms with Gasteiger partial charge in [0.2, 0.25) is 0 Å². The molecule has 0 atom stereocenters. The minimum absolute atomic E-state index is 0.365. The molecule has 0 radical (unpaired) electrons. The van der Waals surface area contributed by atoms with Crippen LogP contribution >= 0.6 is 0 Å². The molecule has 1 aliphatic carbocycles. The predicted octanol–water partition coefficient (Wildman–Crippen LogP) is 5.63. The molecule has 2 aliphatic rings. The quantitative estimate of drug-likeness (QED) is 0.615. The average molecular weight is 406 g/mol. The maximum Gasteiger partial charge on any atom is 0.155 e. The zero-order chi connectivity index (χ0) is 20.2. The Balaban J connectivity index is 1.42. The second kappa shape index (κ2) is 9.19. The van der Waals surface area contributed by atoms with Crippen molar-refractivity contribution in [1.29, 1.82) is 0 Å². The Hall–Kier alpha value is -1.03. The summed E-state index contributed by atoms with van der Waals surface area (Å²) in [7, 11) is -2.99. The van der Waals surface area contributed by atoms with E-state index in [1.54, 1.807) is 0 Å². The molecule has 28 heavy (non-hydrogen) atoms. The lowest BCUT2D eigenvalue weighted by molar-refractivity contribution is 0.278. The monoisotopic (exact) mass is 405 g/mol. The molecule has 3 rings (SSSR count). The van der Waals surface area contributed by atoms with Crippen LogP contribution in [0.4, 0.5) is 5.69 Å². The lowest BCUT2D eigenvalue weighted by atomic mass is 9.80. The van der Waals surface area contributed by atoms with Crippen molar-refractivity contribution in [3.8, 4) is 0 Å².